The lowest BCUT2D eigenvalue weighted by Crippen LogP contribution is -2.20. The largest absolute Gasteiger partial charge is 0.470 e. The predicted octanol–water partition coefficient (Wildman–Crippen LogP) is -0.534. The van der Waals surface area contributed by atoms with Crippen molar-refractivity contribution in [1.29, 1.82) is 0 Å². The van der Waals surface area contributed by atoms with E-state index < -0.39 is 0 Å². The van der Waals surface area contributed by atoms with Gasteiger partial charge in [-0.3, -0.25) is 0 Å². The van der Waals surface area contributed by atoms with E-state index in [1.54, 1.807) is 0 Å². The minimum atomic E-state index is 0.111. The quantitative estimate of drug-likeness (QED) is 0.402. The van der Waals surface area contributed by atoms with E-state index in [1.165, 1.54) is 0 Å². The molecule has 0 spiro atoms. The fraction of sp³-hybridized carbons (Fsp3) is 0.750. The summed E-state index contributed by atoms with van der Waals surface area (Å²) in [5.41, 5.74) is 5.01. The van der Waals surface area contributed by atoms with Crippen LogP contribution in [0.1, 0.15) is 0 Å². The Morgan fingerprint density at radius 1 is 1.88 bits per heavy atom. The zero-order valence-electron chi connectivity index (χ0n) is 4.81. The molecule has 48 valence electrons. The van der Waals surface area contributed by atoms with Gasteiger partial charge in [-0.15, -0.1) is 0 Å². The van der Waals surface area contributed by atoms with E-state index in [9.17, 15) is 0 Å². The van der Waals surface area contributed by atoms with Crippen LogP contribution in [-0.4, -0.2) is 25.4 Å². The first-order valence-corrected chi connectivity index (χ1v) is 2.75. The molecular weight excluding hydrogens is 124 g/mol. The zero-order chi connectivity index (χ0) is 6.41. The lowest BCUT2D eigenvalue weighted by molar-refractivity contribution is 0.309. The van der Waals surface area contributed by atoms with Crippen LogP contribution in [0.5, 0.6) is 0 Å². The number of hydrogen-bond donors (Lipinski definition) is 2. The van der Waals surface area contributed by atoms with E-state index in [0.717, 1.165) is 6.54 Å². The van der Waals surface area contributed by atoms with Crippen molar-refractivity contribution < 1.29 is 4.74 Å². The van der Waals surface area contributed by atoms with Gasteiger partial charge in [0.05, 0.1) is 0 Å². The molecule has 0 rings (SSSR count). The van der Waals surface area contributed by atoms with E-state index >= 15 is 0 Å². The van der Waals surface area contributed by atoms with Gasteiger partial charge in [-0.1, -0.05) is 0 Å². The number of likely N-dealkylation sites (N-methyl/N-ethyl adjacent to an activating group) is 1. The van der Waals surface area contributed by atoms with Gasteiger partial charge in [0.1, 0.15) is 6.61 Å². The molecule has 0 aromatic rings. The fourth-order valence-electron chi connectivity index (χ4n) is 0.254. The highest BCUT2D eigenvalue weighted by atomic mass is 32.1. The van der Waals surface area contributed by atoms with Crippen molar-refractivity contribution in [1.82, 2.24) is 5.32 Å². The van der Waals surface area contributed by atoms with Crippen LogP contribution < -0.4 is 11.1 Å². The van der Waals surface area contributed by atoms with Gasteiger partial charge in [-0.2, -0.15) is 0 Å². The lowest BCUT2D eigenvalue weighted by atomic mass is 10.7. The van der Waals surface area contributed by atoms with Crippen LogP contribution in [0.15, 0.2) is 0 Å². The maximum absolute atomic E-state index is 5.01. The van der Waals surface area contributed by atoms with E-state index in [0.29, 0.717) is 6.61 Å². The first kappa shape index (κ1) is 7.65. The third-order valence-corrected chi connectivity index (χ3v) is 0.714. The SMILES string of the molecule is CNCCOC(N)=S. The Bertz CT molecular complexity index is 76.4. The third kappa shape index (κ3) is 5.65. The fourth-order valence-corrected chi connectivity index (χ4v) is 0.337. The van der Waals surface area contributed by atoms with Gasteiger partial charge in [0.25, 0.3) is 5.17 Å². The Morgan fingerprint density at radius 2 is 2.50 bits per heavy atom. The number of thiocarbonyl (C=S) groups is 1. The molecule has 0 aliphatic carbocycles. The van der Waals surface area contributed by atoms with Crippen molar-refractivity contribution in [3.63, 3.8) is 0 Å². The molecule has 0 heterocycles. The first-order chi connectivity index (χ1) is 3.77. The van der Waals surface area contributed by atoms with Crippen LogP contribution in [0.4, 0.5) is 0 Å². The minimum absolute atomic E-state index is 0.111. The Labute approximate surface area is 54.2 Å². The molecule has 0 aliphatic heterocycles. The Hall–Kier alpha value is -0.350. The zero-order valence-corrected chi connectivity index (χ0v) is 5.62. The summed E-state index contributed by atoms with van der Waals surface area (Å²) in [5.74, 6) is 0. The van der Waals surface area contributed by atoms with E-state index in [2.05, 4.69) is 17.5 Å². The lowest BCUT2D eigenvalue weighted by Gasteiger charge is -1.99. The highest BCUT2D eigenvalue weighted by Crippen LogP contribution is 1.69. The van der Waals surface area contributed by atoms with Crippen LogP contribution >= 0.6 is 12.2 Å². The summed E-state index contributed by atoms with van der Waals surface area (Å²) in [5, 5.41) is 2.99. The minimum Gasteiger partial charge on any atom is -0.470 e. The monoisotopic (exact) mass is 134 g/mol. The van der Waals surface area contributed by atoms with E-state index in [-0.39, 0.29) is 5.17 Å². The molecule has 0 amide bonds. The average molecular weight is 134 g/mol. The van der Waals surface area contributed by atoms with Gasteiger partial charge in [0.2, 0.25) is 0 Å². The summed E-state index contributed by atoms with van der Waals surface area (Å²) >= 11 is 4.44. The third-order valence-electron chi connectivity index (χ3n) is 0.596. The molecule has 0 aromatic heterocycles. The maximum atomic E-state index is 5.01. The molecule has 0 unspecified atom stereocenters. The summed E-state index contributed by atoms with van der Waals surface area (Å²) < 4.78 is 4.73. The highest BCUT2D eigenvalue weighted by molar-refractivity contribution is 7.80. The van der Waals surface area contributed by atoms with Crippen molar-refractivity contribution in [3.05, 3.63) is 0 Å². The van der Waals surface area contributed by atoms with Crippen molar-refractivity contribution in [2.45, 2.75) is 0 Å². The van der Waals surface area contributed by atoms with Crippen LogP contribution in [-0.2, 0) is 4.74 Å². The summed E-state index contributed by atoms with van der Waals surface area (Å²) in [7, 11) is 1.84. The second-order valence-electron chi connectivity index (χ2n) is 1.27. The van der Waals surface area contributed by atoms with Crippen molar-refractivity contribution in [2.75, 3.05) is 20.2 Å². The van der Waals surface area contributed by atoms with Crippen molar-refractivity contribution in [3.8, 4) is 0 Å². The van der Waals surface area contributed by atoms with Crippen LogP contribution in [0.2, 0.25) is 0 Å². The average Bonchev–Trinajstić information content (AvgIpc) is 1.66. The van der Waals surface area contributed by atoms with Crippen molar-refractivity contribution >= 4 is 17.4 Å². The maximum Gasteiger partial charge on any atom is 0.253 e. The second-order valence-corrected chi connectivity index (χ2v) is 1.67. The standard InChI is InChI=1S/C4H10N2OS/c1-6-2-3-7-4(5)8/h6H,2-3H2,1H3,(H2,5,8). The predicted molar refractivity (Wildman–Crippen MR) is 36.7 cm³/mol. The van der Waals surface area contributed by atoms with Crippen molar-refractivity contribution in [2.24, 2.45) is 5.73 Å². The molecule has 0 fully saturated rings. The van der Waals surface area contributed by atoms with Gasteiger partial charge in [-0.25, -0.2) is 0 Å². The Kier molecular flexibility index (Phi) is 4.59. The normalized spacial score (nSPS) is 8.62. The van der Waals surface area contributed by atoms with Crippen LogP contribution in [0.3, 0.4) is 0 Å². The number of nitrogens with one attached hydrogen (secondary N) is 1. The summed E-state index contributed by atoms with van der Waals surface area (Å²) in [6, 6.07) is 0. The van der Waals surface area contributed by atoms with Crippen LogP contribution in [0.25, 0.3) is 0 Å². The van der Waals surface area contributed by atoms with Gasteiger partial charge < -0.3 is 15.8 Å². The molecule has 4 heteroatoms. The molecule has 0 saturated heterocycles. The molecule has 3 nitrogen and oxygen atoms in total. The smallest absolute Gasteiger partial charge is 0.253 e. The van der Waals surface area contributed by atoms with Gasteiger partial charge in [-0.05, 0) is 19.3 Å². The summed E-state index contributed by atoms with van der Waals surface area (Å²) in [6.07, 6.45) is 0. The van der Waals surface area contributed by atoms with Gasteiger partial charge >= 0.3 is 0 Å². The molecule has 0 aliphatic rings. The Morgan fingerprint density at radius 3 is 2.88 bits per heavy atom. The van der Waals surface area contributed by atoms with E-state index in [4.69, 9.17) is 10.5 Å². The highest BCUT2D eigenvalue weighted by Gasteiger charge is 1.84. The van der Waals surface area contributed by atoms with Gasteiger partial charge in [0, 0.05) is 6.54 Å². The molecule has 8 heavy (non-hydrogen) atoms. The molecule has 0 atom stereocenters. The topological polar surface area (TPSA) is 47.3 Å². The van der Waals surface area contributed by atoms with Gasteiger partial charge in [0.15, 0.2) is 0 Å². The molecule has 0 saturated carbocycles. The number of rotatable bonds is 3. The molecule has 3 N–H and O–H groups in total. The molecule has 0 bridgehead atoms. The van der Waals surface area contributed by atoms with Crippen LogP contribution in [0, 0.1) is 0 Å². The molecule has 0 aromatic carbocycles. The van der Waals surface area contributed by atoms with E-state index in [1.807, 2.05) is 7.05 Å². The number of hydrogen-bond acceptors (Lipinski definition) is 3. The number of nitrogens with two attached hydrogens (primary N) is 1. The molecular formula is C4H10N2OS. The summed E-state index contributed by atoms with van der Waals surface area (Å²) in [6.45, 7) is 1.32. The number of ether oxygens (including phenoxy) is 1. The second kappa shape index (κ2) is 4.80. The summed E-state index contributed by atoms with van der Waals surface area (Å²) in [4.78, 5) is 0. The molecule has 0 radical (unpaired) electrons. The Balaban J connectivity index is 2.82. The first-order valence-electron chi connectivity index (χ1n) is 2.34.